The van der Waals surface area contributed by atoms with Gasteiger partial charge in [0.1, 0.15) is 5.75 Å². The summed E-state index contributed by atoms with van der Waals surface area (Å²) in [5, 5.41) is 7.21. The van der Waals surface area contributed by atoms with Gasteiger partial charge in [-0.3, -0.25) is 18.7 Å². The van der Waals surface area contributed by atoms with Crippen molar-refractivity contribution in [2.45, 2.75) is 27.3 Å². The molecule has 0 radical (unpaired) electrons. The van der Waals surface area contributed by atoms with Gasteiger partial charge in [-0.15, -0.1) is 0 Å². The van der Waals surface area contributed by atoms with Crippen LogP contribution in [0.25, 0.3) is 16.9 Å². The van der Waals surface area contributed by atoms with Gasteiger partial charge in [-0.1, -0.05) is 0 Å². The molecular weight excluding hydrogens is 396 g/mol. The van der Waals surface area contributed by atoms with Crippen LogP contribution in [0.1, 0.15) is 32.7 Å². The van der Waals surface area contributed by atoms with Crippen molar-refractivity contribution in [2.75, 3.05) is 7.11 Å². The van der Waals surface area contributed by atoms with Crippen LogP contribution in [0.5, 0.6) is 5.75 Å². The number of methoxy groups -OCH3 is 1. The summed E-state index contributed by atoms with van der Waals surface area (Å²) < 4.78 is 9.01. The van der Waals surface area contributed by atoms with Crippen LogP contribution in [-0.2, 0) is 13.6 Å². The van der Waals surface area contributed by atoms with Crippen molar-refractivity contribution in [1.82, 2.24) is 29.5 Å². The molecule has 2 N–H and O–H groups in total. The molecule has 0 atom stereocenters. The lowest BCUT2D eigenvalue weighted by Gasteiger charge is -2.10. The van der Waals surface area contributed by atoms with Crippen molar-refractivity contribution in [3.63, 3.8) is 0 Å². The second-order valence-electron chi connectivity index (χ2n) is 7.50. The van der Waals surface area contributed by atoms with Gasteiger partial charge >= 0.3 is 0 Å². The van der Waals surface area contributed by atoms with E-state index in [2.05, 4.69) is 20.4 Å². The standard InChI is InChI=1S/C22H24N6O3/c1-12-9-25-27(4)19(12)20-14(3)18(16-6-7-23-11-28(16)20)22(30)24-10-15-17(31-5)8-13(2)26-21(15)29/h6-9,11H,10H2,1-5H3,(H,24,30)(H,26,29). The van der Waals surface area contributed by atoms with E-state index >= 15 is 0 Å². The van der Waals surface area contributed by atoms with Crippen LogP contribution in [0.2, 0.25) is 0 Å². The molecule has 0 unspecified atom stereocenters. The van der Waals surface area contributed by atoms with E-state index in [1.54, 1.807) is 42.5 Å². The SMILES string of the molecule is COc1cc(C)[nH]c(=O)c1CNC(=O)c1c(C)c(-c2c(C)cnn2C)n2cnccc12. The summed E-state index contributed by atoms with van der Waals surface area (Å²) in [6.07, 6.45) is 5.13. The average molecular weight is 420 g/mol. The summed E-state index contributed by atoms with van der Waals surface area (Å²) in [5.41, 5.74) is 5.60. The third kappa shape index (κ3) is 3.37. The summed E-state index contributed by atoms with van der Waals surface area (Å²) >= 11 is 0. The zero-order chi connectivity index (χ0) is 22.3. The highest BCUT2D eigenvalue weighted by molar-refractivity contribution is 6.04. The molecule has 4 rings (SSSR count). The Hall–Kier alpha value is -3.88. The quantitative estimate of drug-likeness (QED) is 0.515. The Kier molecular flexibility index (Phi) is 5.10. The van der Waals surface area contributed by atoms with Crippen molar-refractivity contribution in [3.05, 3.63) is 69.2 Å². The summed E-state index contributed by atoms with van der Waals surface area (Å²) in [6, 6.07) is 3.53. The average Bonchev–Trinajstić information content (AvgIpc) is 3.21. The fraction of sp³-hybridized carbons (Fsp3) is 0.273. The van der Waals surface area contributed by atoms with Gasteiger partial charge in [0.25, 0.3) is 11.5 Å². The number of carbonyl (C=O) groups is 1. The molecule has 0 aliphatic carbocycles. The van der Waals surface area contributed by atoms with Crippen molar-refractivity contribution < 1.29 is 9.53 Å². The van der Waals surface area contributed by atoms with Gasteiger partial charge < -0.3 is 15.0 Å². The molecule has 1 amide bonds. The summed E-state index contributed by atoms with van der Waals surface area (Å²) in [5.74, 6) is 0.157. The van der Waals surface area contributed by atoms with Gasteiger partial charge in [-0.25, -0.2) is 4.98 Å². The highest BCUT2D eigenvalue weighted by atomic mass is 16.5. The Morgan fingerprint density at radius 3 is 2.71 bits per heavy atom. The van der Waals surface area contributed by atoms with Gasteiger partial charge in [0.15, 0.2) is 0 Å². The zero-order valence-corrected chi connectivity index (χ0v) is 18.1. The van der Waals surface area contributed by atoms with Crippen LogP contribution >= 0.6 is 0 Å². The minimum absolute atomic E-state index is 0.0412. The van der Waals surface area contributed by atoms with Crippen LogP contribution in [0, 0.1) is 20.8 Å². The van der Waals surface area contributed by atoms with Crippen molar-refractivity contribution in [3.8, 4) is 17.1 Å². The van der Waals surface area contributed by atoms with E-state index in [9.17, 15) is 9.59 Å². The number of aromatic nitrogens is 5. The highest BCUT2D eigenvalue weighted by Gasteiger charge is 2.24. The summed E-state index contributed by atoms with van der Waals surface area (Å²) in [4.78, 5) is 32.6. The number of nitrogens with one attached hydrogen (secondary N) is 2. The van der Waals surface area contributed by atoms with Gasteiger partial charge in [-0.05, 0) is 44.0 Å². The summed E-state index contributed by atoms with van der Waals surface area (Å²) in [6.45, 7) is 5.70. The lowest BCUT2D eigenvalue weighted by Crippen LogP contribution is -2.28. The first kappa shape index (κ1) is 20.4. The predicted octanol–water partition coefficient (Wildman–Crippen LogP) is 2.29. The van der Waals surface area contributed by atoms with Gasteiger partial charge in [0.2, 0.25) is 0 Å². The minimum atomic E-state index is -0.286. The molecule has 4 aromatic rings. The molecule has 31 heavy (non-hydrogen) atoms. The van der Waals surface area contributed by atoms with Crippen molar-refractivity contribution >= 4 is 11.4 Å². The first-order valence-electron chi connectivity index (χ1n) is 9.82. The number of pyridine rings is 1. The lowest BCUT2D eigenvalue weighted by molar-refractivity contribution is 0.0951. The maximum atomic E-state index is 13.3. The Bertz CT molecular complexity index is 1340. The molecule has 9 heteroatoms. The molecule has 0 bridgehead atoms. The van der Waals surface area contributed by atoms with E-state index in [-0.39, 0.29) is 18.0 Å². The van der Waals surface area contributed by atoms with E-state index < -0.39 is 0 Å². The number of aromatic amines is 1. The Labute approximate surface area is 178 Å². The van der Waals surface area contributed by atoms with Crippen molar-refractivity contribution in [2.24, 2.45) is 7.05 Å². The smallest absolute Gasteiger partial charge is 0.256 e. The van der Waals surface area contributed by atoms with Crippen molar-refractivity contribution in [1.29, 1.82) is 0 Å². The van der Waals surface area contributed by atoms with Crippen LogP contribution in [0.3, 0.4) is 0 Å². The topological polar surface area (TPSA) is 106 Å². The van der Waals surface area contributed by atoms with E-state index in [0.29, 0.717) is 22.6 Å². The largest absolute Gasteiger partial charge is 0.496 e. The number of ether oxygens (including phenoxy) is 1. The molecule has 160 valence electrons. The fourth-order valence-corrected chi connectivity index (χ4v) is 3.99. The Morgan fingerprint density at radius 1 is 1.26 bits per heavy atom. The fourth-order valence-electron chi connectivity index (χ4n) is 3.99. The van der Waals surface area contributed by atoms with Gasteiger partial charge in [0.05, 0.1) is 54.2 Å². The maximum Gasteiger partial charge on any atom is 0.256 e. The van der Waals surface area contributed by atoms with E-state index in [1.807, 2.05) is 25.3 Å². The predicted molar refractivity (Wildman–Crippen MR) is 116 cm³/mol. The normalized spacial score (nSPS) is 11.1. The van der Waals surface area contributed by atoms with E-state index in [4.69, 9.17) is 4.74 Å². The number of amides is 1. The van der Waals surface area contributed by atoms with Crippen LogP contribution in [0.15, 0.2) is 35.6 Å². The second-order valence-corrected chi connectivity index (χ2v) is 7.50. The highest BCUT2D eigenvalue weighted by Crippen LogP contribution is 2.32. The van der Waals surface area contributed by atoms with Gasteiger partial charge in [0, 0.05) is 18.9 Å². The first-order valence-corrected chi connectivity index (χ1v) is 9.82. The van der Waals surface area contributed by atoms with Crippen LogP contribution in [0.4, 0.5) is 0 Å². The van der Waals surface area contributed by atoms with Crippen LogP contribution < -0.4 is 15.6 Å². The molecule has 0 saturated heterocycles. The number of fused-ring (bicyclic) bond motifs is 1. The van der Waals surface area contributed by atoms with Crippen LogP contribution in [-0.4, -0.2) is 37.2 Å². The number of rotatable bonds is 5. The third-order valence-corrected chi connectivity index (χ3v) is 5.44. The molecule has 4 aromatic heterocycles. The molecule has 0 aliphatic rings. The Balaban J connectivity index is 1.77. The molecule has 0 fully saturated rings. The molecule has 0 aliphatic heterocycles. The number of carbonyl (C=O) groups excluding carboxylic acids is 1. The lowest BCUT2D eigenvalue weighted by atomic mass is 10.1. The molecule has 9 nitrogen and oxygen atoms in total. The van der Waals surface area contributed by atoms with E-state index in [1.165, 1.54) is 7.11 Å². The molecule has 0 saturated carbocycles. The second kappa shape index (κ2) is 7.75. The third-order valence-electron chi connectivity index (χ3n) is 5.44. The number of nitrogens with zero attached hydrogens (tertiary/aromatic N) is 4. The zero-order valence-electron chi connectivity index (χ0n) is 18.1. The molecular formula is C22H24N6O3. The number of H-pyrrole nitrogens is 1. The summed E-state index contributed by atoms with van der Waals surface area (Å²) in [7, 11) is 3.37. The van der Waals surface area contributed by atoms with Gasteiger partial charge in [-0.2, -0.15) is 5.10 Å². The minimum Gasteiger partial charge on any atom is -0.496 e. The monoisotopic (exact) mass is 420 g/mol. The Morgan fingerprint density at radius 2 is 2.03 bits per heavy atom. The molecule has 0 spiro atoms. The number of hydrogen-bond acceptors (Lipinski definition) is 5. The number of hydrogen-bond donors (Lipinski definition) is 2. The number of aryl methyl sites for hydroxylation is 3. The first-order chi connectivity index (χ1) is 14.8. The maximum absolute atomic E-state index is 13.3. The molecule has 4 heterocycles. The van der Waals surface area contributed by atoms with E-state index in [0.717, 1.165) is 28.0 Å². The molecule has 0 aromatic carbocycles.